The van der Waals surface area contributed by atoms with Crippen molar-refractivity contribution < 1.29 is 14.7 Å². The number of rotatable bonds is 7. The van der Waals surface area contributed by atoms with Crippen LogP contribution in [-0.2, 0) is 4.79 Å². The van der Waals surface area contributed by atoms with Crippen LogP contribution >= 0.6 is 0 Å². The molecule has 5 heteroatoms. The van der Waals surface area contributed by atoms with Crippen molar-refractivity contribution in [3.63, 3.8) is 0 Å². The van der Waals surface area contributed by atoms with Gasteiger partial charge in [-0.25, -0.2) is 4.79 Å². The third kappa shape index (κ3) is 6.29. The molecule has 1 aromatic carbocycles. The fourth-order valence-electron chi connectivity index (χ4n) is 2.02. The number of hydrogen-bond acceptors (Lipinski definition) is 2. The standard InChI is InChI=1S/C16H24N2O3/c1-11(2)13-6-4-5-7-14(13)18-16(21)17-10-12(3)8-9-15(19)20/h4-7,11-12H,8-10H2,1-3H3,(H,19,20)(H2,17,18,21). The van der Waals surface area contributed by atoms with Crippen LogP contribution in [0.15, 0.2) is 24.3 Å². The van der Waals surface area contributed by atoms with Crippen LogP contribution in [0.25, 0.3) is 0 Å². The zero-order valence-corrected chi connectivity index (χ0v) is 12.8. The lowest BCUT2D eigenvalue weighted by molar-refractivity contribution is -0.137. The Bertz CT molecular complexity index is 486. The number of nitrogens with one attached hydrogen (secondary N) is 2. The minimum atomic E-state index is -0.808. The summed E-state index contributed by atoms with van der Waals surface area (Å²) in [6, 6.07) is 7.45. The fourth-order valence-corrected chi connectivity index (χ4v) is 2.02. The number of amides is 2. The van der Waals surface area contributed by atoms with E-state index in [1.165, 1.54) is 0 Å². The molecule has 0 bridgehead atoms. The van der Waals surface area contributed by atoms with Crippen LogP contribution in [0.4, 0.5) is 10.5 Å². The first-order valence-electron chi connectivity index (χ1n) is 7.25. The first kappa shape index (κ1) is 17.0. The van der Waals surface area contributed by atoms with Crippen LogP contribution in [0, 0.1) is 5.92 Å². The maximum atomic E-state index is 11.9. The minimum absolute atomic E-state index is 0.126. The number of carboxylic acid groups (broad SMARTS) is 1. The highest BCUT2D eigenvalue weighted by Gasteiger charge is 2.10. The molecule has 0 saturated carbocycles. The smallest absolute Gasteiger partial charge is 0.319 e. The summed E-state index contributed by atoms with van der Waals surface area (Å²) in [4.78, 5) is 22.4. The molecule has 1 unspecified atom stereocenters. The van der Waals surface area contributed by atoms with Gasteiger partial charge in [-0.1, -0.05) is 39.0 Å². The average Bonchev–Trinajstić information content (AvgIpc) is 2.43. The van der Waals surface area contributed by atoms with E-state index in [-0.39, 0.29) is 18.4 Å². The number of para-hydroxylation sites is 1. The van der Waals surface area contributed by atoms with Crippen LogP contribution < -0.4 is 10.6 Å². The largest absolute Gasteiger partial charge is 0.481 e. The molecule has 1 rings (SSSR count). The van der Waals surface area contributed by atoms with Crippen molar-refractivity contribution in [1.29, 1.82) is 0 Å². The Morgan fingerprint density at radius 2 is 1.86 bits per heavy atom. The molecule has 0 spiro atoms. The summed E-state index contributed by atoms with van der Waals surface area (Å²) >= 11 is 0. The normalized spacial score (nSPS) is 12.0. The summed E-state index contributed by atoms with van der Waals surface area (Å²) in [5, 5.41) is 14.2. The molecule has 21 heavy (non-hydrogen) atoms. The lowest BCUT2D eigenvalue weighted by Gasteiger charge is -2.15. The second-order valence-corrected chi connectivity index (χ2v) is 5.61. The number of benzene rings is 1. The first-order valence-corrected chi connectivity index (χ1v) is 7.25. The van der Waals surface area contributed by atoms with Gasteiger partial charge in [0.1, 0.15) is 0 Å². The number of urea groups is 1. The fraction of sp³-hybridized carbons (Fsp3) is 0.500. The Morgan fingerprint density at radius 1 is 1.19 bits per heavy atom. The summed E-state index contributed by atoms with van der Waals surface area (Å²) in [7, 11) is 0. The van der Waals surface area contributed by atoms with Crippen molar-refractivity contribution in [3.05, 3.63) is 29.8 Å². The molecular weight excluding hydrogens is 268 g/mol. The molecule has 116 valence electrons. The molecule has 0 aliphatic rings. The van der Waals surface area contributed by atoms with Crippen LogP contribution in [-0.4, -0.2) is 23.7 Å². The summed E-state index contributed by atoms with van der Waals surface area (Å²) in [5.74, 6) is -0.347. The lowest BCUT2D eigenvalue weighted by Crippen LogP contribution is -2.32. The second-order valence-electron chi connectivity index (χ2n) is 5.61. The molecule has 0 fully saturated rings. The van der Waals surface area contributed by atoms with E-state index in [9.17, 15) is 9.59 Å². The summed E-state index contributed by atoms with van der Waals surface area (Å²) < 4.78 is 0. The maximum absolute atomic E-state index is 11.9. The molecule has 0 aliphatic heterocycles. The van der Waals surface area contributed by atoms with Crippen LogP contribution in [0.1, 0.15) is 45.1 Å². The van der Waals surface area contributed by atoms with Gasteiger partial charge in [0, 0.05) is 18.7 Å². The minimum Gasteiger partial charge on any atom is -0.481 e. The highest BCUT2D eigenvalue weighted by Crippen LogP contribution is 2.23. The van der Waals surface area contributed by atoms with E-state index < -0.39 is 5.97 Å². The first-order chi connectivity index (χ1) is 9.90. The molecule has 0 aromatic heterocycles. The molecule has 1 atom stereocenters. The highest BCUT2D eigenvalue weighted by atomic mass is 16.4. The molecule has 3 N–H and O–H groups in total. The molecule has 2 amide bonds. The number of carbonyl (C=O) groups excluding carboxylic acids is 1. The zero-order valence-electron chi connectivity index (χ0n) is 12.8. The molecule has 0 aliphatic carbocycles. The summed E-state index contributed by atoms with van der Waals surface area (Å²) in [6.45, 7) is 6.53. The molecule has 0 radical (unpaired) electrons. The molecule has 5 nitrogen and oxygen atoms in total. The van der Waals surface area contributed by atoms with Crippen molar-refractivity contribution in [2.24, 2.45) is 5.92 Å². The van der Waals surface area contributed by atoms with Gasteiger partial charge >= 0.3 is 12.0 Å². The number of hydrogen-bond donors (Lipinski definition) is 3. The van der Waals surface area contributed by atoms with E-state index in [2.05, 4.69) is 24.5 Å². The van der Waals surface area contributed by atoms with E-state index in [4.69, 9.17) is 5.11 Å². The van der Waals surface area contributed by atoms with Gasteiger partial charge in [0.2, 0.25) is 0 Å². The average molecular weight is 292 g/mol. The van der Waals surface area contributed by atoms with E-state index in [1.807, 2.05) is 31.2 Å². The topological polar surface area (TPSA) is 78.4 Å². The van der Waals surface area contributed by atoms with E-state index in [0.29, 0.717) is 18.9 Å². The van der Waals surface area contributed by atoms with Gasteiger partial charge in [-0.05, 0) is 29.9 Å². The molecule has 1 aromatic rings. The number of aliphatic carboxylic acids is 1. The molecule has 0 heterocycles. The van der Waals surface area contributed by atoms with Crippen molar-refractivity contribution in [3.8, 4) is 0 Å². The molecular formula is C16H24N2O3. The number of carboxylic acids is 1. The van der Waals surface area contributed by atoms with Gasteiger partial charge in [0.05, 0.1) is 0 Å². The third-order valence-corrected chi connectivity index (χ3v) is 3.29. The highest BCUT2D eigenvalue weighted by molar-refractivity contribution is 5.90. The van der Waals surface area contributed by atoms with Crippen molar-refractivity contribution >= 4 is 17.7 Å². The Labute approximate surface area is 125 Å². The number of anilines is 1. The van der Waals surface area contributed by atoms with Gasteiger partial charge in [-0.3, -0.25) is 4.79 Å². The Morgan fingerprint density at radius 3 is 2.48 bits per heavy atom. The second kappa shape index (κ2) is 8.29. The van der Waals surface area contributed by atoms with E-state index in [0.717, 1.165) is 11.3 Å². The van der Waals surface area contributed by atoms with Gasteiger partial charge in [-0.2, -0.15) is 0 Å². The van der Waals surface area contributed by atoms with Crippen LogP contribution in [0.5, 0.6) is 0 Å². The Kier molecular flexibility index (Phi) is 6.72. The third-order valence-electron chi connectivity index (χ3n) is 3.29. The van der Waals surface area contributed by atoms with Gasteiger partial charge in [-0.15, -0.1) is 0 Å². The van der Waals surface area contributed by atoms with Crippen LogP contribution in [0.2, 0.25) is 0 Å². The van der Waals surface area contributed by atoms with Crippen LogP contribution in [0.3, 0.4) is 0 Å². The molecule has 0 saturated heterocycles. The van der Waals surface area contributed by atoms with E-state index >= 15 is 0 Å². The van der Waals surface area contributed by atoms with E-state index in [1.54, 1.807) is 0 Å². The van der Waals surface area contributed by atoms with Gasteiger partial charge in [0.15, 0.2) is 0 Å². The summed E-state index contributed by atoms with van der Waals surface area (Å²) in [6.07, 6.45) is 0.679. The van der Waals surface area contributed by atoms with Gasteiger partial charge < -0.3 is 15.7 Å². The van der Waals surface area contributed by atoms with Crippen molar-refractivity contribution in [2.75, 3.05) is 11.9 Å². The predicted molar refractivity (Wildman–Crippen MR) is 83.6 cm³/mol. The van der Waals surface area contributed by atoms with Gasteiger partial charge in [0.25, 0.3) is 0 Å². The lowest BCUT2D eigenvalue weighted by atomic mass is 10.0. The monoisotopic (exact) mass is 292 g/mol. The quantitative estimate of drug-likeness (QED) is 0.720. The summed E-state index contributed by atoms with van der Waals surface area (Å²) in [5.41, 5.74) is 1.90. The Balaban J connectivity index is 2.46. The van der Waals surface area contributed by atoms with Crippen molar-refractivity contribution in [1.82, 2.24) is 5.32 Å². The number of carbonyl (C=O) groups is 2. The predicted octanol–water partition coefficient (Wildman–Crippen LogP) is 3.43. The van der Waals surface area contributed by atoms with Crippen molar-refractivity contribution in [2.45, 2.75) is 39.5 Å². The zero-order chi connectivity index (χ0) is 15.8. The Hall–Kier alpha value is -2.04. The maximum Gasteiger partial charge on any atom is 0.319 e. The SMILES string of the molecule is CC(CCC(=O)O)CNC(=O)Nc1ccccc1C(C)C.